The van der Waals surface area contributed by atoms with Gasteiger partial charge in [0.05, 0.1) is 37.8 Å². The van der Waals surface area contributed by atoms with Crippen LogP contribution in [0.2, 0.25) is 0 Å². The van der Waals surface area contributed by atoms with Crippen molar-refractivity contribution in [2.45, 2.75) is 6.67 Å². The van der Waals surface area contributed by atoms with Gasteiger partial charge in [0, 0.05) is 43.6 Å². The minimum atomic E-state index is 0. The number of benzene rings is 2. The van der Waals surface area contributed by atoms with E-state index in [-0.39, 0.29) is 21.1 Å². The first kappa shape index (κ1) is 23.2. The minimum absolute atomic E-state index is 0. The Morgan fingerprint density at radius 3 is 2.31 bits per heavy atom. The van der Waals surface area contributed by atoms with Crippen LogP contribution in [0.5, 0.6) is 0 Å². The SMILES string of the molecule is Cn1cc[n+](C)c1N=Nc1ccc(NC[n+]2ccccc2N=Nc2cc[c-]cc2)cc1.[W]. The summed E-state index contributed by atoms with van der Waals surface area (Å²) >= 11 is 0. The molecule has 0 saturated heterocycles. The minimum Gasteiger partial charge on any atom is -0.349 e. The predicted octanol–water partition coefficient (Wildman–Crippen LogP) is 4.84. The molecule has 2 heterocycles. The monoisotopic (exact) mass is 595 g/mol. The summed E-state index contributed by atoms with van der Waals surface area (Å²) in [7, 11) is 3.88. The second-order valence-corrected chi connectivity index (χ2v) is 6.89. The maximum atomic E-state index is 4.37. The first-order chi connectivity index (χ1) is 15.2. The number of nitrogens with one attached hydrogen (secondary N) is 1. The zero-order chi connectivity index (χ0) is 21.5. The van der Waals surface area contributed by atoms with Crippen LogP contribution in [0, 0.1) is 6.07 Å². The van der Waals surface area contributed by atoms with Gasteiger partial charge >= 0.3 is 11.8 Å². The van der Waals surface area contributed by atoms with Crippen molar-refractivity contribution in [2.75, 3.05) is 5.32 Å². The Morgan fingerprint density at radius 1 is 0.875 bits per heavy atom. The van der Waals surface area contributed by atoms with Crippen LogP contribution in [0.4, 0.5) is 28.8 Å². The van der Waals surface area contributed by atoms with Crippen LogP contribution in [-0.4, -0.2) is 4.57 Å². The summed E-state index contributed by atoms with van der Waals surface area (Å²) in [5.74, 6) is 1.53. The fourth-order valence-corrected chi connectivity index (χ4v) is 2.89. The largest absolute Gasteiger partial charge is 0.421 e. The molecule has 0 radical (unpaired) electrons. The van der Waals surface area contributed by atoms with Crippen LogP contribution in [0.1, 0.15) is 0 Å². The zero-order valence-electron chi connectivity index (χ0n) is 17.8. The molecule has 4 aromatic rings. The molecule has 4 rings (SSSR count). The number of aromatic nitrogens is 3. The van der Waals surface area contributed by atoms with E-state index in [1.165, 1.54) is 0 Å². The number of anilines is 1. The first-order valence-corrected chi connectivity index (χ1v) is 9.82. The molecule has 2 aromatic carbocycles. The van der Waals surface area contributed by atoms with Gasteiger partial charge in [-0.05, 0) is 30.3 Å². The fourth-order valence-electron chi connectivity index (χ4n) is 2.89. The summed E-state index contributed by atoms with van der Waals surface area (Å²) in [6.45, 7) is 0.553. The van der Waals surface area contributed by atoms with Crippen molar-refractivity contribution in [3.8, 4) is 0 Å². The Labute approximate surface area is 201 Å². The number of hydrogen-bond acceptors (Lipinski definition) is 5. The van der Waals surface area contributed by atoms with Gasteiger partial charge in [0.2, 0.25) is 0 Å². The first-order valence-electron chi connectivity index (χ1n) is 9.82. The molecule has 0 aliphatic heterocycles. The van der Waals surface area contributed by atoms with Gasteiger partial charge < -0.3 is 5.32 Å². The maximum Gasteiger partial charge on any atom is 0.421 e. The predicted molar refractivity (Wildman–Crippen MR) is 117 cm³/mol. The van der Waals surface area contributed by atoms with E-state index in [2.05, 4.69) is 31.8 Å². The van der Waals surface area contributed by atoms with E-state index in [0.29, 0.717) is 6.67 Å². The Balaban J connectivity index is 0.00000289. The Bertz CT molecular complexity index is 1180. The van der Waals surface area contributed by atoms with Gasteiger partial charge in [-0.3, -0.25) is 0 Å². The molecular formula is C23H23N8W+. The van der Waals surface area contributed by atoms with Crippen LogP contribution < -0.4 is 14.5 Å². The van der Waals surface area contributed by atoms with Crippen LogP contribution in [0.15, 0.2) is 106 Å². The molecule has 160 valence electrons. The molecule has 32 heavy (non-hydrogen) atoms. The molecule has 1 N–H and O–H groups in total. The van der Waals surface area contributed by atoms with Crippen LogP contribution in [0.25, 0.3) is 0 Å². The molecule has 0 amide bonds. The summed E-state index contributed by atoms with van der Waals surface area (Å²) in [6.07, 6.45) is 5.84. The second kappa shape index (κ2) is 11.2. The third kappa shape index (κ3) is 6.01. The molecule has 0 spiro atoms. The number of pyridine rings is 1. The number of imidazole rings is 1. The van der Waals surface area contributed by atoms with Crippen LogP contribution in [-0.2, 0) is 41.8 Å². The van der Waals surface area contributed by atoms with Gasteiger partial charge in [0.1, 0.15) is 5.69 Å². The van der Waals surface area contributed by atoms with E-state index < -0.39 is 0 Å². The topological polar surface area (TPSA) is 74.2 Å². The van der Waals surface area contributed by atoms with Gasteiger partial charge in [0.15, 0.2) is 6.67 Å². The van der Waals surface area contributed by atoms with E-state index in [4.69, 9.17) is 0 Å². The smallest absolute Gasteiger partial charge is 0.349 e. The zero-order valence-corrected chi connectivity index (χ0v) is 20.8. The summed E-state index contributed by atoms with van der Waals surface area (Å²) in [5, 5.41) is 20.7. The summed E-state index contributed by atoms with van der Waals surface area (Å²) < 4.78 is 5.82. The molecule has 2 aromatic heterocycles. The molecule has 0 aliphatic carbocycles. The average molecular weight is 595 g/mol. The quantitative estimate of drug-likeness (QED) is 0.186. The van der Waals surface area contributed by atoms with Crippen LogP contribution in [0.3, 0.4) is 0 Å². The third-order valence-corrected chi connectivity index (χ3v) is 4.61. The van der Waals surface area contributed by atoms with E-state index in [1.54, 1.807) is 0 Å². The molecule has 0 fully saturated rings. The normalized spacial score (nSPS) is 11.1. The summed E-state index contributed by atoms with van der Waals surface area (Å²) in [5.41, 5.74) is 2.55. The van der Waals surface area contributed by atoms with Crippen molar-refractivity contribution in [3.63, 3.8) is 0 Å². The Hall–Kier alpha value is -3.51. The fraction of sp³-hybridized carbons (Fsp3) is 0.130. The van der Waals surface area contributed by atoms with Gasteiger partial charge in [-0.15, -0.1) is 12.1 Å². The Morgan fingerprint density at radius 2 is 1.59 bits per heavy atom. The van der Waals surface area contributed by atoms with Gasteiger partial charge in [0.25, 0.3) is 0 Å². The number of azo groups is 2. The van der Waals surface area contributed by atoms with E-state index >= 15 is 0 Å². The number of hydrogen-bond donors (Lipinski definition) is 1. The van der Waals surface area contributed by atoms with E-state index in [9.17, 15) is 0 Å². The van der Waals surface area contributed by atoms with Gasteiger partial charge in [-0.2, -0.15) is 18.2 Å². The van der Waals surface area contributed by atoms with Crippen molar-refractivity contribution in [1.29, 1.82) is 0 Å². The maximum absolute atomic E-state index is 4.37. The Kier molecular flexibility index (Phi) is 8.11. The standard InChI is InChI=1S/C23H22N8.W/c1-29-16-17-30(2)23(29)28-26-21-13-11-19(12-14-21)24-18-31-15-7-6-10-22(31)27-25-20-8-4-3-5-9-20;/h4-17H,18H2,1-2H3;/p+1. The molecule has 0 atom stereocenters. The van der Waals surface area contributed by atoms with Crippen LogP contribution >= 0.6 is 0 Å². The summed E-state index contributed by atoms with van der Waals surface area (Å²) in [4.78, 5) is 0. The van der Waals surface area contributed by atoms with Crippen molar-refractivity contribution in [2.24, 2.45) is 34.6 Å². The van der Waals surface area contributed by atoms with Crippen molar-refractivity contribution in [1.82, 2.24) is 4.57 Å². The average Bonchev–Trinajstić information content (AvgIpc) is 3.14. The van der Waals surface area contributed by atoms with E-state index in [1.807, 2.05) is 113 Å². The molecule has 8 nitrogen and oxygen atoms in total. The molecule has 0 aliphatic rings. The van der Waals surface area contributed by atoms with Gasteiger partial charge in [-0.25, -0.2) is 13.7 Å². The van der Waals surface area contributed by atoms with Gasteiger partial charge in [-0.1, -0.05) is 16.3 Å². The molecule has 0 unspecified atom stereocenters. The van der Waals surface area contributed by atoms with Crippen molar-refractivity contribution in [3.05, 3.63) is 91.4 Å². The molecule has 0 bridgehead atoms. The molecule has 9 heteroatoms. The molecular weight excluding hydrogens is 572 g/mol. The number of nitrogens with zero attached hydrogens (tertiary/aromatic N) is 7. The third-order valence-electron chi connectivity index (χ3n) is 4.61. The van der Waals surface area contributed by atoms with Crippen molar-refractivity contribution >= 4 is 28.8 Å². The second-order valence-electron chi connectivity index (χ2n) is 6.89. The summed E-state index contributed by atoms with van der Waals surface area (Å²) in [6, 6.07) is 24.0. The number of aryl methyl sites for hydroxylation is 2. The number of rotatable bonds is 7. The van der Waals surface area contributed by atoms with E-state index in [0.717, 1.165) is 28.8 Å². The van der Waals surface area contributed by atoms with Crippen molar-refractivity contribution < 1.29 is 30.2 Å². The molecule has 0 saturated carbocycles.